The highest BCUT2D eigenvalue weighted by Gasteiger charge is 2.39. The van der Waals surface area contributed by atoms with E-state index in [0.29, 0.717) is 42.3 Å². The van der Waals surface area contributed by atoms with Crippen LogP contribution in [0.4, 0.5) is 5.88 Å². The normalized spacial score (nSPS) is 27.6. The Bertz CT molecular complexity index is 910. The van der Waals surface area contributed by atoms with E-state index in [2.05, 4.69) is 15.6 Å². The van der Waals surface area contributed by atoms with Gasteiger partial charge in [0.2, 0.25) is 5.91 Å². The maximum absolute atomic E-state index is 12.6. The fraction of sp³-hybridized carbons (Fsp3) is 0.526. The van der Waals surface area contributed by atoms with Crippen molar-refractivity contribution in [3.8, 4) is 0 Å². The van der Waals surface area contributed by atoms with Crippen LogP contribution >= 0.6 is 0 Å². The van der Waals surface area contributed by atoms with Gasteiger partial charge in [0.1, 0.15) is 5.69 Å². The van der Waals surface area contributed by atoms with Crippen LogP contribution in [0.5, 0.6) is 0 Å². The van der Waals surface area contributed by atoms with Gasteiger partial charge in [-0.2, -0.15) is 0 Å². The molecule has 8 nitrogen and oxygen atoms in total. The molecule has 2 bridgehead atoms. The number of carbonyl (C=O) groups excluding carboxylic acids is 2. The number of anilines is 1. The number of rotatable bonds is 3. The zero-order valence-corrected chi connectivity index (χ0v) is 15.3. The molecule has 0 radical (unpaired) electrons. The first-order chi connectivity index (χ1) is 13.1. The molecule has 0 unspecified atom stereocenters. The van der Waals surface area contributed by atoms with Crippen molar-refractivity contribution in [3.05, 3.63) is 24.0 Å². The molecule has 3 aliphatic heterocycles. The van der Waals surface area contributed by atoms with Crippen molar-refractivity contribution in [2.24, 2.45) is 0 Å². The van der Waals surface area contributed by atoms with Gasteiger partial charge in [0.25, 0.3) is 5.91 Å². The highest BCUT2D eigenvalue weighted by atomic mass is 16.4. The zero-order chi connectivity index (χ0) is 18.5. The minimum absolute atomic E-state index is 0.0689. The lowest BCUT2D eigenvalue weighted by molar-refractivity contribution is -0.129. The minimum atomic E-state index is -0.145. The van der Waals surface area contributed by atoms with Crippen LogP contribution in [0.2, 0.25) is 0 Å². The van der Waals surface area contributed by atoms with Crippen LogP contribution < -0.4 is 15.5 Å². The molecule has 0 aliphatic carbocycles. The summed E-state index contributed by atoms with van der Waals surface area (Å²) >= 11 is 0. The molecular formula is C19H23N5O3. The van der Waals surface area contributed by atoms with Gasteiger partial charge in [0.05, 0.1) is 12.7 Å². The molecule has 142 valence electrons. The number of pyridine rings is 1. The van der Waals surface area contributed by atoms with E-state index in [-0.39, 0.29) is 17.9 Å². The quantitative estimate of drug-likeness (QED) is 0.829. The highest BCUT2D eigenvalue weighted by Crippen LogP contribution is 2.29. The SMILES string of the molecule is CN1CCN(c2cc3cc(C(=O)N[C@@H]4C[C@H]5CC[C@@H]4N5)ncc3o2)CC1=O. The average Bonchev–Trinajstić information content (AvgIpc) is 3.38. The molecule has 0 spiro atoms. The second kappa shape index (κ2) is 6.23. The van der Waals surface area contributed by atoms with Crippen LogP contribution in [-0.2, 0) is 4.79 Å². The van der Waals surface area contributed by atoms with E-state index in [1.165, 1.54) is 6.42 Å². The lowest BCUT2D eigenvalue weighted by Gasteiger charge is -2.31. The number of aromatic nitrogens is 1. The predicted octanol–water partition coefficient (Wildman–Crippen LogP) is 0.729. The number of fused-ring (bicyclic) bond motifs is 3. The van der Waals surface area contributed by atoms with Crippen LogP contribution in [0.3, 0.4) is 0 Å². The van der Waals surface area contributed by atoms with Gasteiger partial charge in [0.15, 0.2) is 11.5 Å². The Morgan fingerprint density at radius 1 is 1.33 bits per heavy atom. The third-order valence-corrected chi connectivity index (χ3v) is 6.01. The molecule has 2 aromatic rings. The number of nitrogens with one attached hydrogen (secondary N) is 2. The van der Waals surface area contributed by atoms with E-state index in [0.717, 1.165) is 24.8 Å². The topological polar surface area (TPSA) is 90.7 Å². The van der Waals surface area contributed by atoms with Crippen LogP contribution in [0.15, 0.2) is 22.7 Å². The Kier molecular flexibility index (Phi) is 3.82. The summed E-state index contributed by atoms with van der Waals surface area (Å²) in [4.78, 5) is 32.5. The first kappa shape index (κ1) is 16.6. The molecule has 5 heterocycles. The Balaban J connectivity index is 1.33. The maximum atomic E-state index is 12.6. The lowest BCUT2D eigenvalue weighted by Crippen LogP contribution is -2.48. The second-order valence-electron chi connectivity index (χ2n) is 7.79. The number of nitrogens with zero attached hydrogens (tertiary/aromatic N) is 3. The number of likely N-dealkylation sites (N-methyl/N-ethyl adjacent to an activating group) is 1. The Labute approximate surface area is 156 Å². The van der Waals surface area contributed by atoms with Crippen molar-refractivity contribution in [1.82, 2.24) is 20.5 Å². The first-order valence-corrected chi connectivity index (χ1v) is 9.52. The second-order valence-corrected chi connectivity index (χ2v) is 7.79. The number of carbonyl (C=O) groups is 2. The predicted molar refractivity (Wildman–Crippen MR) is 99.7 cm³/mol. The summed E-state index contributed by atoms with van der Waals surface area (Å²) in [5.74, 6) is 0.566. The molecule has 0 saturated carbocycles. The molecule has 5 rings (SSSR count). The average molecular weight is 369 g/mol. The molecule has 2 amide bonds. The molecule has 3 fully saturated rings. The summed E-state index contributed by atoms with van der Waals surface area (Å²) in [5, 5.41) is 7.46. The van der Waals surface area contributed by atoms with Crippen molar-refractivity contribution in [2.75, 3.05) is 31.6 Å². The largest absolute Gasteiger partial charge is 0.439 e. The third-order valence-electron chi connectivity index (χ3n) is 6.01. The number of hydrogen-bond donors (Lipinski definition) is 2. The molecule has 2 N–H and O–H groups in total. The number of hydrogen-bond acceptors (Lipinski definition) is 6. The maximum Gasteiger partial charge on any atom is 0.270 e. The van der Waals surface area contributed by atoms with Crippen molar-refractivity contribution in [1.29, 1.82) is 0 Å². The van der Waals surface area contributed by atoms with Crippen molar-refractivity contribution in [3.63, 3.8) is 0 Å². The molecule has 3 atom stereocenters. The number of furan rings is 1. The molecule has 3 saturated heterocycles. The Morgan fingerprint density at radius 2 is 2.22 bits per heavy atom. The standard InChI is InChI=1S/C19H23N5O3/c1-23-4-5-24(10-17(23)25)18-7-11-6-15(20-9-16(11)27-18)19(26)22-14-8-12-2-3-13(14)21-12/h6-7,9,12-14,21H,2-5,8,10H2,1H3,(H,22,26)/t12-,13+,14-/m1/s1. The number of piperazine rings is 1. The minimum Gasteiger partial charge on any atom is -0.439 e. The molecule has 2 aromatic heterocycles. The fourth-order valence-electron chi connectivity index (χ4n) is 4.38. The molecule has 8 heteroatoms. The zero-order valence-electron chi connectivity index (χ0n) is 15.3. The summed E-state index contributed by atoms with van der Waals surface area (Å²) in [7, 11) is 1.80. The van der Waals surface area contributed by atoms with Gasteiger partial charge in [0, 0.05) is 49.7 Å². The van der Waals surface area contributed by atoms with Crippen LogP contribution in [0, 0.1) is 0 Å². The van der Waals surface area contributed by atoms with E-state index < -0.39 is 0 Å². The van der Waals surface area contributed by atoms with Crippen LogP contribution in [-0.4, -0.2) is 66.5 Å². The van der Waals surface area contributed by atoms with E-state index in [9.17, 15) is 9.59 Å². The molecular weight excluding hydrogens is 346 g/mol. The highest BCUT2D eigenvalue weighted by molar-refractivity contribution is 5.96. The molecule has 0 aromatic carbocycles. The van der Waals surface area contributed by atoms with Crippen LogP contribution in [0.25, 0.3) is 11.0 Å². The van der Waals surface area contributed by atoms with Gasteiger partial charge in [-0.05, 0) is 25.3 Å². The van der Waals surface area contributed by atoms with Crippen molar-refractivity contribution >= 4 is 28.7 Å². The van der Waals surface area contributed by atoms with Gasteiger partial charge in [-0.3, -0.25) is 9.59 Å². The molecule has 27 heavy (non-hydrogen) atoms. The fourth-order valence-corrected chi connectivity index (χ4v) is 4.38. The van der Waals surface area contributed by atoms with Gasteiger partial charge in [-0.15, -0.1) is 0 Å². The van der Waals surface area contributed by atoms with Gasteiger partial charge < -0.3 is 24.9 Å². The third kappa shape index (κ3) is 2.93. The monoisotopic (exact) mass is 369 g/mol. The lowest BCUT2D eigenvalue weighted by atomic mass is 9.95. The van der Waals surface area contributed by atoms with E-state index in [1.54, 1.807) is 24.2 Å². The van der Waals surface area contributed by atoms with E-state index in [4.69, 9.17) is 4.42 Å². The summed E-state index contributed by atoms with van der Waals surface area (Å²) in [6.07, 6.45) is 4.90. The Hall–Kier alpha value is -2.61. The van der Waals surface area contributed by atoms with E-state index in [1.807, 2.05) is 11.0 Å². The summed E-state index contributed by atoms with van der Waals surface area (Å²) in [6, 6.07) is 4.75. The number of amides is 2. The van der Waals surface area contributed by atoms with E-state index >= 15 is 0 Å². The summed E-state index contributed by atoms with van der Waals surface area (Å²) < 4.78 is 5.85. The van der Waals surface area contributed by atoms with Gasteiger partial charge in [-0.25, -0.2) is 4.98 Å². The first-order valence-electron chi connectivity index (χ1n) is 9.52. The molecule has 3 aliphatic rings. The van der Waals surface area contributed by atoms with Crippen LogP contribution in [0.1, 0.15) is 29.8 Å². The van der Waals surface area contributed by atoms with Gasteiger partial charge >= 0.3 is 0 Å². The van der Waals surface area contributed by atoms with Crippen molar-refractivity contribution in [2.45, 2.75) is 37.4 Å². The summed E-state index contributed by atoms with van der Waals surface area (Å²) in [6.45, 7) is 1.69. The smallest absolute Gasteiger partial charge is 0.270 e. The van der Waals surface area contributed by atoms with Crippen molar-refractivity contribution < 1.29 is 14.0 Å². The Morgan fingerprint density at radius 3 is 2.96 bits per heavy atom. The summed E-state index contributed by atoms with van der Waals surface area (Å²) in [5.41, 5.74) is 1.02. The van der Waals surface area contributed by atoms with Gasteiger partial charge in [-0.1, -0.05) is 0 Å².